The normalized spacial score (nSPS) is 31.1. The number of likely N-dealkylation sites (tertiary alicyclic amines) is 1. The van der Waals surface area contributed by atoms with Crippen LogP contribution in [0.1, 0.15) is 24.6 Å². The minimum atomic E-state index is 0.690. The Labute approximate surface area is 120 Å². The van der Waals surface area contributed by atoms with Crippen LogP contribution in [-0.2, 0) is 13.6 Å². The van der Waals surface area contributed by atoms with Crippen LogP contribution in [0.3, 0.4) is 0 Å². The van der Waals surface area contributed by atoms with Crippen LogP contribution >= 0.6 is 11.6 Å². The van der Waals surface area contributed by atoms with E-state index in [0.717, 1.165) is 29.2 Å². The van der Waals surface area contributed by atoms with Gasteiger partial charge in [-0.2, -0.15) is 5.10 Å². The molecule has 3 heterocycles. The Bertz CT molecular complexity index is 470. The van der Waals surface area contributed by atoms with Gasteiger partial charge in [-0.1, -0.05) is 18.5 Å². The van der Waals surface area contributed by atoms with Crippen LogP contribution in [0.5, 0.6) is 0 Å². The summed E-state index contributed by atoms with van der Waals surface area (Å²) in [5, 5.41) is 8.75. The molecule has 3 rings (SSSR count). The molecule has 2 fully saturated rings. The second-order valence-corrected chi connectivity index (χ2v) is 6.32. The molecule has 2 aliphatic heterocycles. The molecule has 0 aromatic carbocycles. The highest BCUT2D eigenvalue weighted by molar-refractivity contribution is 6.30. The Morgan fingerprint density at radius 3 is 2.84 bits per heavy atom. The molecule has 1 aromatic rings. The Kier molecular flexibility index (Phi) is 3.58. The number of nitrogens with one attached hydrogen (secondary N) is 1. The Hall–Kier alpha value is -0.580. The van der Waals surface area contributed by atoms with Gasteiger partial charge in [-0.3, -0.25) is 9.58 Å². The fourth-order valence-corrected chi connectivity index (χ4v) is 4.14. The smallest absolute Gasteiger partial charge is 0.131 e. The third-order valence-electron chi connectivity index (χ3n) is 4.87. The summed E-state index contributed by atoms with van der Waals surface area (Å²) in [6.45, 7) is 8.86. The first-order valence-electron chi connectivity index (χ1n) is 7.24. The van der Waals surface area contributed by atoms with E-state index in [-0.39, 0.29) is 0 Å². The highest BCUT2D eigenvalue weighted by Crippen LogP contribution is 2.36. The van der Waals surface area contributed by atoms with E-state index in [9.17, 15) is 0 Å². The second-order valence-electron chi connectivity index (χ2n) is 5.97. The van der Waals surface area contributed by atoms with Gasteiger partial charge in [-0.25, -0.2) is 0 Å². The van der Waals surface area contributed by atoms with Gasteiger partial charge in [0.05, 0.1) is 5.69 Å². The van der Waals surface area contributed by atoms with Crippen molar-refractivity contribution in [3.63, 3.8) is 0 Å². The highest BCUT2D eigenvalue weighted by atomic mass is 35.5. The Morgan fingerprint density at radius 1 is 1.42 bits per heavy atom. The van der Waals surface area contributed by atoms with Gasteiger partial charge in [0.2, 0.25) is 0 Å². The molecule has 2 saturated heterocycles. The maximum atomic E-state index is 6.37. The molecule has 3 unspecified atom stereocenters. The van der Waals surface area contributed by atoms with Gasteiger partial charge < -0.3 is 5.32 Å². The van der Waals surface area contributed by atoms with E-state index in [1.165, 1.54) is 31.6 Å². The van der Waals surface area contributed by atoms with Gasteiger partial charge in [0.1, 0.15) is 5.15 Å². The molecule has 4 nitrogen and oxygen atoms in total. The van der Waals surface area contributed by atoms with Gasteiger partial charge >= 0.3 is 0 Å². The predicted molar refractivity (Wildman–Crippen MR) is 77.3 cm³/mol. The van der Waals surface area contributed by atoms with E-state index in [0.29, 0.717) is 6.04 Å². The SMILES string of the molecule is CCC1C2CNCC2CN1Cc1c(C)nn(C)c1Cl. The van der Waals surface area contributed by atoms with Crippen LogP contribution < -0.4 is 5.32 Å². The number of fused-ring (bicyclic) bond motifs is 1. The summed E-state index contributed by atoms with van der Waals surface area (Å²) >= 11 is 6.37. The maximum absolute atomic E-state index is 6.37. The van der Waals surface area contributed by atoms with E-state index >= 15 is 0 Å². The molecule has 19 heavy (non-hydrogen) atoms. The second kappa shape index (κ2) is 5.08. The molecule has 0 amide bonds. The average Bonchev–Trinajstić information content (AvgIpc) is 2.99. The summed E-state index contributed by atoms with van der Waals surface area (Å²) < 4.78 is 1.78. The fourth-order valence-electron chi connectivity index (χ4n) is 3.91. The van der Waals surface area contributed by atoms with Crippen LogP contribution in [0.2, 0.25) is 5.15 Å². The highest BCUT2D eigenvalue weighted by Gasteiger charge is 2.43. The molecule has 2 aliphatic rings. The zero-order chi connectivity index (χ0) is 13.6. The molecule has 0 bridgehead atoms. The van der Waals surface area contributed by atoms with Crippen LogP contribution in [-0.4, -0.2) is 40.4 Å². The number of nitrogens with zero attached hydrogens (tertiary/aromatic N) is 3. The van der Waals surface area contributed by atoms with E-state index in [1.807, 2.05) is 7.05 Å². The van der Waals surface area contributed by atoms with E-state index < -0.39 is 0 Å². The lowest BCUT2D eigenvalue weighted by Crippen LogP contribution is -2.34. The predicted octanol–water partition coefficient (Wildman–Crippen LogP) is 1.81. The van der Waals surface area contributed by atoms with Crippen LogP contribution in [0.25, 0.3) is 0 Å². The summed E-state index contributed by atoms with van der Waals surface area (Å²) in [5.41, 5.74) is 2.27. The van der Waals surface area contributed by atoms with Crippen molar-refractivity contribution < 1.29 is 0 Å². The average molecular weight is 283 g/mol. The van der Waals surface area contributed by atoms with Crippen molar-refractivity contribution in [3.05, 3.63) is 16.4 Å². The molecule has 1 aromatic heterocycles. The maximum Gasteiger partial charge on any atom is 0.131 e. The zero-order valence-electron chi connectivity index (χ0n) is 12.0. The Morgan fingerprint density at radius 2 is 2.21 bits per heavy atom. The number of aryl methyl sites for hydroxylation is 2. The van der Waals surface area contributed by atoms with E-state index in [4.69, 9.17) is 11.6 Å². The summed E-state index contributed by atoms with van der Waals surface area (Å²) in [4.78, 5) is 2.62. The standard InChI is InChI=1S/C14H23ClN4/c1-4-13-11-6-16-5-10(11)7-19(13)8-12-9(2)17-18(3)14(12)15/h10-11,13,16H,4-8H2,1-3H3. The number of halogens is 1. The first kappa shape index (κ1) is 13.4. The first-order chi connectivity index (χ1) is 9.11. The molecular formula is C14H23ClN4. The summed E-state index contributed by atoms with van der Waals surface area (Å²) in [5.74, 6) is 1.64. The molecule has 0 saturated carbocycles. The van der Waals surface area contributed by atoms with E-state index in [1.54, 1.807) is 4.68 Å². The first-order valence-corrected chi connectivity index (χ1v) is 7.62. The van der Waals surface area contributed by atoms with Crippen molar-refractivity contribution in [1.82, 2.24) is 20.0 Å². The largest absolute Gasteiger partial charge is 0.316 e. The van der Waals surface area contributed by atoms with Crippen molar-refractivity contribution in [3.8, 4) is 0 Å². The molecule has 1 N–H and O–H groups in total. The molecular weight excluding hydrogens is 260 g/mol. The third kappa shape index (κ3) is 2.20. The quantitative estimate of drug-likeness (QED) is 0.918. The van der Waals surface area contributed by atoms with Crippen molar-refractivity contribution in [2.24, 2.45) is 18.9 Å². The van der Waals surface area contributed by atoms with Gasteiger partial charge in [-0.05, 0) is 38.3 Å². The Balaban J connectivity index is 1.79. The summed E-state index contributed by atoms with van der Waals surface area (Å²) in [7, 11) is 1.92. The molecule has 0 radical (unpaired) electrons. The lowest BCUT2D eigenvalue weighted by molar-refractivity contribution is 0.210. The third-order valence-corrected chi connectivity index (χ3v) is 5.35. The number of rotatable bonds is 3. The van der Waals surface area contributed by atoms with Gasteiger partial charge in [0.15, 0.2) is 0 Å². The van der Waals surface area contributed by atoms with E-state index in [2.05, 4.69) is 29.2 Å². The molecule has 106 valence electrons. The molecule has 0 aliphatic carbocycles. The van der Waals surface area contributed by atoms with Crippen LogP contribution in [0, 0.1) is 18.8 Å². The minimum absolute atomic E-state index is 0.690. The van der Waals surface area contributed by atoms with Crippen LogP contribution in [0.4, 0.5) is 0 Å². The zero-order valence-corrected chi connectivity index (χ0v) is 12.7. The van der Waals surface area contributed by atoms with Crippen molar-refractivity contribution in [2.75, 3.05) is 19.6 Å². The minimum Gasteiger partial charge on any atom is -0.316 e. The molecule has 3 atom stereocenters. The van der Waals surface area contributed by atoms with Gasteiger partial charge in [-0.15, -0.1) is 0 Å². The lowest BCUT2D eigenvalue weighted by Gasteiger charge is -2.26. The van der Waals surface area contributed by atoms with Gasteiger partial charge in [0.25, 0.3) is 0 Å². The van der Waals surface area contributed by atoms with Crippen molar-refractivity contribution in [2.45, 2.75) is 32.9 Å². The monoisotopic (exact) mass is 282 g/mol. The lowest BCUT2D eigenvalue weighted by atomic mass is 9.93. The summed E-state index contributed by atoms with van der Waals surface area (Å²) in [6, 6.07) is 0.690. The van der Waals surface area contributed by atoms with Gasteiger partial charge in [0, 0.05) is 31.7 Å². The fraction of sp³-hybridized carbons (Fsp3) is 0.786. The van der Waals surface area contributed by atoms with Crippen molar-refractivity contribution in [1.29, 1.82) is 0 Å². The number of aromatic nitrogens is 2. The van der Waals surface area contributed by atoms with Crippen molar-refractivity contribution >= 4 is 11.6 Å². The molecule has 0 spiro atoms. The molecule has 5 heteroatoms. The topological polar surface area (TPSA) is 33.1 Å². The number of hydrogen-bond donors (Lipinski definition) is 1. The summed E-state index contributed by atoms with van der Waals surface area (Å²) in [6.07, 6.45) is 1.22. The number of hydrogen-bond acceptors (Lipinski definition) is 3. The van der Waals surface area contributed by atoms with Crippen LogP contribution in [0.15, 0.2) is 0 Å².